The number of ketones is 1. The summed E-state index contributed by atoms with van der Waals surface area (Å²) in [5.41, 5.74) is 0.208. The van der Waals surface area contributed by atoms with E-state index in [1.165, 1.54) is 13.8 Å². The third-order valence-electron chi connectivity index (χ3n) is 1.14. The molecule has 0 fully saturated rings. The van der Waals surface area contributed by atoms with E-state index in [-0.39, 0.29) is 45.3 Å². The minimum atomic E-state index is -0.713. The Kier molecular flexibility index (Phi) is 16.1. The molecule has 1 aromatic heterocycles. The van der Waals surface area contributed by atoms with Crippen molar-refractivity contribution in [1.29, 1.82) is 5.41 Å². The molecule has 1 atom stereocenters. The number of Topliss-reactive ketones (excluding diaryl/α,β-unsaturated/α-hetero) is 1. The van der Waals surface area contributed by atoms with Crippen LogP contribution in [0.5, 0.6) is 0 Å². The number of carbonyl (C=O) groups excluding carboxylic acids is 1. The Morgan fingerprint density at radius 1 is 1.53 bits per heavy atom. The van der Waals surface area contributed by atoms with Gasteiger partial charge in [-0.3, -0.25) is 4.79 Å². The van der Waals surface area contributed by atoms with E-state index >= 15 is 0 Å². The zero-order valence-corrected chi connectivity index (χ0v) is 11.6. The number of nitrogens with zero attached hydrogens (tertiary/aromatic N) is 1. The molecule has 0 aliphatic heterocycles. The molecule has 89 valence electrons. The zero-order chi connectivity index (χ0) is 10.3. The quantitative estimate of drug-likeness (QED) is 0.515. The fourth-order valence-corrected chi connectivity index (χ4v) is 0.520. The Hall–Kier alpha value is -0.174. The summed E-state index contributed by atoms with van der Waals surface area (Å²) >= 11 is 5.38. The molecule has 1 heterocycles. The molecule has 0 saturated heterocycles. The number of nitrogens with one attached hydrogen (secondary N) is 2. The number of rotatable bonds is 2. The molecule has 1 radical (unpaired) electrons. The molecule has 0 aromatic carbocycles. The van der Waals surface area contributed by atoms with Crippen LogP contribution in [-0.4, -0.2) is 26.8 Å². The monoisotopic (exact) mass is 339 g/mol. The van der Waals surface area contributed by atoms with E-state index in [1.807, 2.05) is 0 Å². The minimum Gasteiger partial charge on any atom is -1.00 e. The molecule has 0 amide bonds. The first-order chi connectivity index (χ1) is 6.05. The molecule has 1 aromatic rings. The molecule has 0 bridgehead atoms. The average molecular weight is 340 g/mol. The van der Waals surface area contributed by atoms with Gasteiger partial charge >= 0.3 is 0 Å². The molecule has 0 spiro atoms. The van der Waals surface area contributed by atoms with E-state index in [0.717, 1.165) is 0 Å². The van der Waals surface area contributed by atoms with Crippen LogP contribution in [0.15, 0.2) is 18.7 Å². The van der Waals surface area contributed by atoms with Gasteiger partial charge in [0.2, 0.25) is 0 Å². The number of imidazole rings is 1. The van der Waals surface area contributed by atoms with Crippen molar-refractivity contribution in [2.75, 3.05) is 0 Å². The van der Waals surface area contributed by atoms with Gasteiger partial charge < -0.3 is 27.4 Å². The molecule has 15 heavy (non-hydrogen) atoms. The first-order valence-corrected chi connectivity index (χ1v) is 4.11. The summed E-state index contributed by atoms with van der Waals surface area (Å²) in [6, 6.07) is 0. The normalized spacial score (nSPS) is 9.53. The minimum absolute atomic E-state index is 0. The molecular formula is C8H12BrClCoN3O-. The van der Waals surface area contributed by atoms with Crippen molar-refractivity contribution in [2.45, 2.75) is 19.2 Å². The second-order valence-corrected chi connectivity index (χ2v) is 2.85. The van der Waals surface area contributed by atoms with Gasteiger partial charge in [0.05, 0.1) is 6.33 Å². The summed E-state index contributed by atoms with van der Waals surface area (Å²) in [6.45, 7) is 2.88. The van der Waals surface area contributed by atoms with Crippen LogP contribution in [0.1, 0.15) is 13.8 Å². The number of hydrogen-bond donors (Lipinski definition) is 2. The summed E-state index contributed by atoms with van der Waals surface area (Å²) in [5, 5.41) is 6.16. The van der Waals surface area contributed by atoms with Crippen molar-refractivity contribution in [2.24, 2.45) is 0 Å². The van der Waals surface area contributed by atoms with Crippen LogP contribution in [0.3, 0.4) is 0 Å². The number of alkyl halides is 1. The van der Waals surface area contributed by atoms with Crippen LogP contribution in [0, 0.1) is 5.41 Å². The first kappa shape index (κ1) is 20.3. The topological polar surface area (TPSA) is 69.6 Å². The number of carbonyl (C=O) groups is 1. The van der Waals surface area contributed by atoms with Crippen LogP contribution >= 0.6 is 11.6 Å². The van der Waals surface area contributed by atoms with Crippen molar-refractivity contribution < 1.29 is 38.6 Å². The average Bonchev–Trinajstić information content (AvgIpc) is 2.59. The van der Waals surface area contributed by atoms with E-state index in [9.17, 15) is 4.79 Å². The van der Waals surface area contributed by atoms with Gasteiger partial charge in [-0.1, -0.05) is 0 Å². The summed E-state index contributed by atoms with van der Waals surface area (Å²) in [5.74, 6) is -0.167. The standard InChI is InChI=1S/C5H8ClNO.C3H4N2.BrH.Co/c1-3(7)5(6)4(2)8;1-2-5-3-4-1;;/h5,7H,1-2H3;1-3H,(H,4,5);1H;/p-1. The van der Waals surface area contributed by atoms with E-state index in [2.05, 4.69) is 9.97 Å². The van der Waals surface area contributed by atoms with Crippen molar-refractivity contribution in [3.8, 4) is 0 Å². The number of hydrogen-bond acceptors (Lipinski definition) is 3. The van der Waals surface area contributed by atoms with Crippen LogP contribution in [-0.2, 0) is 21.6 Å². The van der Waals surface area contributed by atoms with Crippen LogP contribution in [0.25, 0.3) is 0 Å². The summed E-state index contributed by atoms with van der Waals surface area (Å²) in [4.78, 5) is 16.7. The van der Waals surface area contributed by atoms with E-state index in [4.69, 9.17) is 17.0 Å². The van der Waals surface area contributed by atoms with E-state index in [0.29, 0.717) is 0 Å². The fourth-order valence-electron chi connectivity index (χ4n) is 0.520. The summed E-state index contributed by atoms with van der Waals surface area (Å²) in [6.07, 6.45) is 5.08. The Bertz CT molecular complexity index is 238. The van der Waals surface area contributed by atoms with Crippen molar-refractivity contribution in [3.63, 3.8) is 0 Å². The van der Waals surface area contributed by atoms with Crippen LogP contribution in [0.4, 0.5) is 0 Å². The Morgan fingerprint density at radius 2 is 2.07 bits per heavy atom. The second kappa shape index (κ2) is 11.9. The van der Waals surface area contributed by atoms with E-state index in [1.54, 1.807) is 18.7 Å². The van der Waals surface area contributed by atoms with Crippen LogP contribution in [0.2, 0.25) is 0 Å². The van der Waals surface area contributed by atoms with Gasteiger partial charge in [0.15, 0.2) is 5.78 Å². The first-order valence-electron chi connectivity index (χ1n) is 3.68. The smallest absolute Gasteiger partial charge is 0.153 e. The predicted molar refractivity (Wildman–Crippen MR) is 52.3 cm³/mol. The zero-order valence-electron chi connectivity index (χ0n) is 8.25. The molecule has 0 aliphatic carbocycles. The molecule has 0 saturated carbocycles. The Labute approximate surface area is 115 Å². The van der Waals surface area contributed by atoms with Gasteiger partial charge in [0.1, 0.15) is 5.38 Å². The van der Waals surface area contributed by atoms with Gasteiger partial charge in [0.25, 0.3) is 0 Å². The van der Waals surface area contributed by atoms with Gasteiger partial charge in [-0.15, -0.1) is 11.6 Å². The maximum Gasteiger partial charge on any atom is 0.153 e. The maximum atomic E-state index is 10.3. The third kappa shape index (κ3) is 11.8. The van der Waals surface area contributed by atoms with E-state index < -0.39 is 5.38 Å². The number of aromatic nitrogens is 2. The number of aromatic amines is 1. The van der Waals surface area contributed by atoms with Gasteiger partial charge in [-0.2, -0.15) is 0 Å². The van der Waals surface area contributed by atoms with Crippen molar-refractivity contribution >= 4 is 23.1 Å². The molecular weight excluding hydrogens is 328 g/mol. The largest absolute Gasteiger partial charge is 1.00 e. The fraction of sp³-hybridized carbons (Fsp3) is 0.375. The Balaban J connectivity index is -0.000000180. The maximum absolute atomic E-state index is 10.3. The van der Waals surface area contributed by atoms with Gasteiger partial charge in [-0.25, -0.2) is 4.98 Å². The van der Waals surface area contributed by atoms with Gasteiger partial charge in [0, 0.05) is 34.9 Å². The SMILES string of the molecule is CC(=N)C(Cl)C(C)=O.[Br-].[Co].c1c[nH]cn1. The summed E-state index contributed by atoms with van der Waals surface area (Å²) < 4.78 is 0. The Morgan fingerprint density at radius 3 is 2.13 bits per heavy atom. The molecule has 7 heteroatoms. The molecule has 4 nitrogen and oxygen atoms in total. The third-order valence-corrected chi connectivity index (χ3v) is 1.78. The molecule has 0 aliphatic rings. The number of H-pyrrole nitrogens is 1. The molecule has 1 unspecified atom stereocenters. The van der Waals surface area contributed by atoms with Gasteiger partial charge in [-0.05, 0) is 13.8 Å². The number of halogens is 2. The molecule has 1 rings (SSSR count). The summed E-state index contributed by atoms with van der Waals surface area (Å²) in [7, 11) is 0. The second-order valence-electron chi connectivity index (χ2n) is 2.42. The predicted octanol–water partition coefficient (Wildman–Crippen LogP) is -1.37. The van der Waals surface area contributed by atoms with Crippen molar-refractivity contribution in [3.05, 3.63) is 18.7 Å². The van der Waals surface area contributed by atoms with Crippen LogP contribution < -0.4 is 17.0 Å². The van der Waals surface area contributed by atoms with Crippen molar-refractivity contribution in [1.82, 2.24) is 9.97 Å². The molecule has 2 N–H and O–H groups in total.